The smallest absolute Gasteiger partial charge is 0.264 e. The molecule has 0 spiro atoms. The topological polar surface area (TPSA) is 64.6 Å². The van der Waals surface area contributed by atoms with Crippen molar-refractivity contribution in [3.05, 3.63) is 71.5 Å². The fourth-order valence-electron chi connectivity index (χ4n) is 3.10. The Kier molecular flexibility index (Phi) is 6.03. The molecule has 0 bridgehead atoms. The minimum absolute atomic E-state index is 0.194. The van der Waals surface area contributed by atoms with Gasteiger partial charge in [-0.25, -0.2) is 4.39 Å². The molecule has 3 rings (SSSR count). The second-order valence-corrected chi connectivity index (χ2v) is 8.02. The first-order chi connectivity index (χ1) is 12.4. The minimum Gasteiger partial charge on any atom is -0.366 e. The number of rotatable bonds is 7. The summed E-state index contributed by atoms with van der Waals surface area (Å²) in [5.74, 6) is -0.353. The first-order valence-corrected chi connectivity index (χ1v) is 10.3. The van der Waals surface area contributed by atoms with Crippen LogP contribution >= 0.6 is 0 Å². The van der Waals surface area contributed by atoms with Crippen LogP contribution in [-0.2, 0) is 25.6 Å². The highest BCUT2D eigenvalue weighted by atomic mass is 32.2. The molecule has 1 fully saturated rings. The van der Waals surface area contributed by atoms with E-state index in [1.54, 1.807) is 12.1 Å². The maximum Gasteiger partial charge on any atom is 0.264 e. The van der Waals surface area contributed by atoms with Gasteiger partial charge in [0.05, 0.1) is 12.4 Å². The van der Waals surface area contributed by atoms with E-state index in [1.165, 1.54) is 12.1 Å². The van der Waals surface area contributed by atoms with Crippen LogP contribution in [-0.4, -0.2) is 33.4 Å². The molecular weight excluding hydrogens is 357 g/mol. The Morgan fingerprint density at radius 2 is 1.85 bits per heavy atom. The number of halogens is 1. The van der Waals surface area contributed by atoms with E-state index < -0.39 is 22.3 Å². The highest BCUT2D eigenvalue weighted by Crippen LogP contribution is 2.36. The maximum absolute atomic E-state index is 13.2. The number of benzene rings is 2. The first kappa shape index (κ1) is 19.0. The zero-order valence-electron chi connectivity index (χ0n) is 14.5. The SMILES string of the molecule is CS(=O)(=O)O[C@H]1C[C@@H](CNCc2ccccc2)O[C@H]1c1ccc(F)cc1. The third kappa shape index (κ3) is 5.35. The summed E-state index contributed by atoms with van der Waals surface area (Å²) in [7, 11) is -3.62. The van der Waals surface area contributed by atoms with Crippen molar-refractivity contribution in [2.45, 2.75) is 31.3 Å². The standard InChI is InChI=1S/C19H22FNO4S/c1-26(22,23)25-18-11-17(13-21-12-14-5-3-2-4-6-14)24-19(18)15-7-9-16(20)10-8-15/h2-10,17-19,21H,11-13H2,1H3/t17-,18-,19-/m0/s1. The van der Waals surface area contributed by atoms with Crippen molar-refractivity contribution in [1.82, 2.24) is 5.32 Å². The highest BCUT2D eigenvalue weighted by Gasteiger charge is 2.38. The molecule has 0 radical (unpaired) electrons. The predicted octanol–water partition coefficient (Wildman–Crippen LogP) is 2.79. The van der Waals surface area contributed by atoms with Crippen LogP contribution in [0.15, 0.2) is 54.6 Å². The highest BCUT2D eigenvalue weighted by molar-refractivity contribution is 7.86. The van der Waals surface area contributed by atoms with Crippen LogP contribution in [0.2, 0.25) is 0 Å². The van der Waals surface area contributed by atoms with Gasteiger partial charge in [0.25, 0.3) is 10.1 Å². The maximum atomic E-state index is 13.2. The molecule has 2 aromatic carbocycles. The Morgan fingerprint density at radius 1 is 1.15 bits per heavy atom. The zero-order chi connectivity index (χ0) is 18.6. The van der Waals surface area contributed by atoms with E-state index in [-0.39, 0.29) is 11.9 Å². The average Bonchev–Trinajstić information content (AvgIpc) is 2.97. The quantitative estimate of drug-likeness (QED) is 0.750. The summed E-state index contributed by atoms with van der Waals surface area (Å²) in [5.41, 5.74) is 1.86. The largest absolute Gasteiger partial charge is 0.366 e. The lowest BCUT2D eigenvalue weighted by Gasteiger charge is -2.18. The van der Waals surface area contributed by atoms with Gasteiger partial charge in [-0.3, -0.25) is 4.18 Å². The van der Waals surface area contributed by atoms with Gasteiger partial charge in [0.2, 0.25) is 0 Å². The molecule has 1 heterocycles. The van der Waals surface area contributed by atoms with Gasteiger partial charge in [0.15, 0.2) is 0 Å². The molecule has 1 saturated heterocycles. The van der Waals surface area contributed by atoms with Gasteiger partial charge in [0.1, 0.15) is 18.0 Å². The Labute approximate surface area is 153 Å². The summed E-state index contributed by atoms with van der Waals surface area (Å²) in [5, 5.41) is 3.32. The number of ether oxygens (including phenoxy) is 1. The van der Waals surface area contributed by atoms with E-state index in [4.69, 9.17) is 8.92 Å². The van der Waals surface area contributed by atoms with Crippen molar-refractivity contribution in [2.75, 3.05) is 12.8 Å². The summed E-state index contributed by atoms with van der Waals surface area (Å²) in [6.07, 6.45) is 0.0976. The van der Waals surface area contributed by atoms with Crippen LogP contribution < -0.4 is 5.32 Å². The van der Waals surface area contributed by atoms with Gasteiger partial charge in [-0.1, -0.05) is 42.5 Å². The Morgan fingerprint density at radius 3 is 2.50 bits per heavy atom. The van der Waals surface area contributed by atoms with Gasteiger partial charge >= 0.3 is 0 Å². The summed E-state index contributed by atoms with van der Waals surface area (Å²) in [6, 6.07) is 15.8. The molecule has 0 aliphatic carbocycles. The lowest BCUT2D eigenvalue weighted by Crippen LogP contribution is -2.26. The van der Waals surface area contributed by atoms with E-state index >= 15 is 0 Å². The molecule has 26 heavy (non-hydrogen) atoms. The second-order valence-electron chi connectivity index (χ2n) is 6.42. The fraction of sp³-hybridized carbons (Fsp3) is 0.368. The van der Waals surface area contributed by atoms with Crippen LogP contribution in [0.25, 0.3) is 0 Å². The summed E-state index contributed by atoms with van der Waals surface area (Å²) in [6.45, 7) is 1.26. The molecule has 0 unspecified atom stereocenters. The van der Waals surface area contributed by atoms with Crippen molar-refractivity contribution in [1.29, 1.82) is 0 Å². The monoisotopic (exact) mass is 379 g/mol. The van der Waals surface area contributed by atoms with E-state index in [1.807, 2.05) is 30.3 Å². The molecule has 2 aromatic rings. The van der Waals surface area contributed by atoms with Crippen molar-refractivity contribution >= 4 is 10.1 Å². The summed E-state index contributed by atoms with van der Waals surface area (Å²) >= 11 is 0. The molecule has 140 valence electrons. The Bertz CT molecular complexity index is 811. The van der Waals surface area contributed by atoms with Crippen LogP contribution in [0.4, 0.5) is 4.39 Å². The average molecular weight is 379 g/mol. The van der Waals surface area contributed by atoms with Crippen molar-refractivity contribution in [2.24, 2.45) is 0 Å². The first-order valence-electron chi connectivity index (χ1n) is 8.44. The Balaban J connectivity index is 1.64. The van der Waals surface area contributed by atoms with Crippen LogP contribution in [0.5, 0.6) is 0 Å². The molecule has 0 amide bonds. The predicted molar refractivity (Wildman–Crippen MR) is 96.5 cm³/mol. The zero-order valence-corrected chi connectivity index (χ0v) is 15.3. The normalized spacial score (nSPS) is 23.2. The molecular formula is C19H22FNO4S. The van der Waals surface area contributed by atoms with Gasteiger partial charge < -0.3 is 10.1 Å². The van der Waals surface area contributed by atoms with E-state index in [9.17, 15) is 12.8 Å². The molecule has 0 aromatic heterocycles. The molecule has 1 N–H and O–H groups in total. The minimum atomic E-state index is -3.62. The summed E-state index contributed by atoms with van der Waals surface area (Å²) < 4.78 is 47.5. The third-order valence-electron chi connectivity index (χ3n) is 4.21. The van der Waals surface area contributed by atoms with Gasteiger partial charge in [-0.2, -0.15) is 8.42 Å². The number of hydrogen-bond donors (Lipinski definition) is 1. The number of nitrogens with one attached hydrogen (secondary N) is 1. The molecule has 7 heteroatoms. The number of hydrogen-bond acceptors (Lipinski definition) is 5. The van der Waals surface area contributed by atoms with Crippen LogP contribution in [0.1, 0.15) is 23.7 Å². The van der Waals surface area contributed by atoms with Gasteiger partial charge in [-0.15, -0.1) is 0 Å². The molecule has 0 saturated carbocycles. The molecule has 1 aliphatic heterocycles. The fourth-order valence-corrected chi connectivity index (χ4v) is 3.73. The Hall–Kier alpha value is -1.80. The van der Waals surface area contributed by atoms with Crippen LogP contribution in [0.3, 0.4) is 0 Å². The van der Waals surface area contributed by atoms with Gasteiger partial charge in [-0.05, 0) is 23.3 Å². The van der Waals surface area contributed by atoms with Crippen LogP contribution in [0, 0.1) is 5.82 Å². The van der Waals surface area contributed by atoms with Crippen molar-refractivity contribution in [3.8, 4) is 0 Å². The van der Waals surface area contributed by atoms with Crippen molar-refractivity contribution in [3.63, 3.8) is 0 Å². The van der Waals surface area contributed by atoms with E-state index in [0.29, 0.717) is 25.1 Å². The lowest BCUT2D eigenvalue weighted by molar-refractivity contribution is 0.0175. The van der Waals surface area contributed by atoms with Crippen molar-refractivity contribution < 1.29 is 21.7 Å². The molecule has 3 atom stereocenters. The molecule has 5 nitrogen and oxygen atoms in total. The third-order valence-corrected chi connectivity index (χ3v) is 4.81. The van der Waals surface area contributed by atoms with E-state index in [0.717, 1.165) is 11.8 Å². The lowest BCUT2D eigenvalue weighted by atomic mass is 10.0. The second kappa shape index (κ2) is 8.26. The van der Waals surface area contributed by atoms with E-state index in [2.05, 4.69) is 5.32 Å². The molecule has 1 aliphatic rings. The summed E-state index contributed by atoms with van der Waals surface area (Å²) in [4.78, 5) is 0. The van der Waals surface area contributed by atoms with Gasteiger partial charge in [0, 0.05) is 19.5 Å².